The second kappa shape index (κ2) is 3.72. The van der Waals surface area contributed by atoms with E-state index in [-0.39, 0.29) is 5.82 Å². The Balaban J connectivity index is 3.38. The third kappa shape index (κ3) is 1.50. The van der Waals surface area contributed by atoms with Crippen molar-refractivity contribution in [2.45, 2.75) is 11.8 Å². The topological polar surface area (TPSA) is 17.1 Å². The van der Waals surface area contributed by atoms with E-state index in [0.29, 0.717) is 16.7 Å². The van der Waals surface area contributed by atoms with Gasteiger partial charge in [0, 0.05) is 5.56 Å². The lowest BCUT2D eigenvalue weighted by molar-refractivity contribution is 0.111. The molecular weight excluding hydrogens is 175 g/mol. The highest BCUT2D eigenvalue weighted by Gasteiger charge is 2.08. The lowest BCUT2D eigenvalue weighted by Crippen LogP contribution is -1.93. The predicted octanol–water partition coefficient (Wildman–Crippen LogP) is 2.67. The average Bonchev–Trinajstić information content (AvgIpc) is 2.08. The van der Waals surface area contributed by atoms with Gasteiger partial charge in [-0.1, -0.05) is 6.07 Å². The van der Waals surface area contributed by atoms with Crippen molar-refractivity contribution in [2.24, 2.45) is 0 Å². The van der Waals surface area contributed by atoms with E-state index in [0.717, 1.165) is 5.56 Å². The van der Waals surface area contributed by atoms with Gasteiger partial charge in [-0.25, -0.2) is 4.39 Å². The molecule has 0 N–H and O–H groups in total. The van der Waals surface area contributed by atoms with Gasteiger partial charge in [0.05, 0.1) is 4.90 Å². The first-order valence-electron chi connectivity index (χ1n) is 3.49. The van der Waals surface area contributed by atoms with E-state index in [4.69, 9.17) is 0 Å². The molecule has 0 atom stereocenters. The van der Waals surface area contributed by atoms with Crippen LogP contribution in [0.3, 0.4) is 0 Å². The van der Waals surface area contributed by atoms with Crippen molar-refractivity contribution < 1.29 is 9.18 Å². The average molecular weight is 184 g/mol. The number of halogens is 1. The van der Waals surface area contributed by atoms with Crippen molar-refractivity contribution in [3.8, 4) is 0 Å². The Kier molecular flexibility index (Phi) is 2.87. The Morgan fingerprint density at radius 3 is 2.58 bits per heavy atom. The highest BCUT2D eigenvalue weighted by molar-refractivity contribution is 7.98. The first-order valence-corrected chi connectivity index (χ1v) is 4.71. The van der Waals surface area contributed by atoms with Crippen LogP contribution in [0.4, 0.5) is 4.39 Å². The van der Waals surface area contributed by atoms with Crippen molar-refractivity contribution in [1.82, 2.24) is 0 Å². The molecule has 0 spiro atoms. The Bertz CT molecular complexity index is 310. The molecule has 0 aliphatic rings. The summed E-state index contributed by atoms with van der Waals surface area (Å²) in [6, 6.07) is 2.99. The summed E-state index contributed by atoms with van der Waals surface area (Å²) in [6.07, 6.45) is 2.45. The Hall–Kier alpha value is -0.830. The van der Waals surface area contributed by atoms with Gasteiger partial charge >= 0.3 is 0 Å². The maximum atomic E-state index is 13.0. The molecule has 0 saturated carbocycles. The molecule has 1 aromatic rings. The molecule has 1 rings (SSSR count). The zero-order valence-electron chi connectivity index (χ0n) is 6.93. The molecule has 64 valence electrons. The first kappa shape index (κ1) is 9.26. The Labute approximate surface area is 75.0 Å². The lowest BCUT2D eigenvalue weighted by atomic mass is 10.1. The third-order valence-corrected chi connectivity index (χ3v) is 2.51. The minimum atomic E-state index is -0.324. The van der Waals surface area contributed by atoms with Gasteiger partial charge in [-0.2, -0.15) is 0 Å². The summed E-state index contributed by atoms with van der Waals surface area (Å²) in [5.41, 5.74) is 1.28. The van der Waals surface area contributed by atoms with Crippen molar-refractivity contribution in [3.63, 3.8) is 0 Å². The zero-order chi connectivity index (χ0) is 9.14. The number of hydrogen-bond acceptors (Lipinski definition) is 2. The molecule has 0 saturated heterocycles. The van der Waals surface area contributed by atoms with Crippen LogP contribution in [0, 0.1) is 12.7 Å². The van der Waals surface area contributed by atoms with E-state index in [9.17, 15) is 9.18 Å². The van der Waals surface area contributed by atoms with Crippen LogP contribution < -0.4 is 0 Å². The standard InChI is InChI=1S/C9H9FOS/c1-6-3-4-8(10)9(12-2)7(6)5-11/h3-5H,1-2H3. The van der Waals surface area contributed by atoms with E-state index in [1.165, 1.54) is 17.8 Å². The van der Waals surface area contributed by atoms with E-state index in [1.807, 2.05) is 0 Å². The van der Waals surface area contributed by atoms with Crippen LogP contribution in [-0.4, -0.2) is 12.5 Å². The number of carbonyl (C=O) groups is 1. The highest BCUT2D eigenvalue weighted by Crippen LogP contribution is 2.24. The molecule has 3 heteroatoms. The molecule has 0 fully saturated rings. The number of aryl methyl sites for hydroxylation is 1. The second-order valence-corrected chi connectivity index (χ2v) is 3.25. The van der Waals surface area contributed by atoms with Gasteiger partial charge in [-0.3, -0.25) is 4.79 Å². The molecule has 1 aromatic carbocycles. The fourth-order valence-electron chi connectivity index (χ4n) is 1.03. The fourth-order valence-corrected chi connectivity index (χ4v) is 1.72. The van der Waals surface area contributed by atoms with Crippen LogP contribution >= 0.6 is 11.8 Å². The molecule has 0 unspecified atom stereocenters. The molecule has 1 nitrogen and oxygen atoms in total. The number of thioether (sulfide) groups is 1. The monoisotopic (exact) mass is 184 g/mol. The summed E-state index contributed by atoms with van der Waals surface area (Å²) in [6.45, 7) is 1.79. The summed E-state index contributed by atoms with van der Waals surface area (Å²) in [5.74, 6) is -0.324. The van der Waals surface area contributed by atoms with E-state index < -0.39 is 0 Å². The number of aldehydes is 1. The normalized spacial score (nSPS) is 9.92. The van der Waals surface area contributed by atoms with Gasteiger partial charge in [0.25, 0.3) is 0 Å². The third-order valence-electron chi connectivity index (χ3n) is 1.69. The molecule has 0 aliphatic heterocycles. The molecule has 0 aliphatic carbocycles. The van der Waals surface area contributed by atoms with Gasteiger partial charge in [0.15, 0.2) is 6.29 Å². The largest absolute Gasteiger partial charge is 0.298 e. The lowest BCUT2D eigenvalue weighted by Gasteiger charge is -2.04. The molecule has 0 bridgehead atoms. The summed E-state index contributed by atoms with van der Waals surface area (Å²) in [5, 5.41) is 0. The minimum Gasteiger partial charge on any atom is -0.298 e. The van der Waals surface area contributed by atoms with E-state index >= 15 is 0 Å². The predicted molar refractivity (Wildman–Crippen MR) is 48.3 cm³/mol. The maximum absolute atomic E-state index is 13.0. The maximum Gasteiger partial charge on any atom is 0.151 e. The number of hydrogen-bond donors (Lipinski definition) is 0. The summed E-state index contributed by atoms with van der Waals surface area (Å²) < 4.78 is 13.0. The first-order chi connectivity index (χ1) is 5.70. The van der Waals surface area contributed by atoms with Crippen LogP contribution in [0.1, 0.15) is 15.9 Å². The zero-order valence-corrected chi connectivity index (χ0v) is 7.74. The molecule has 0 amide bonds. The van der Waals surface area contributed by atoms with Crippen LogP contribution in [0.25, 0.3) is 0 Å². The highest BCUT2D eigenvalue weighted by atomic mass is 32.2. The van der Waals surface area contributed by atoms with Gasteiger partial charge < -0.3 is 0 Å². The van der Waals surface area contributed by atoms with Crippen molar-refractivity contribution in [3.05, 3.63) is 29.1 Å². The van der Waals surface area contributed by atoms with Crippen LogP contribution in [0.15, 0.2) is 17.0 Å². The quantitative estimate of drug-likeness (QED) is 0.519. The fraction of sp³-hybridized carbons (Fsp3) is 0.222. The van der Waals surface area contributed by atoms with Gasteiger partial charge in [0.1, 0.15) is 5.82 Å². The Morgan fingerprint density at radius 2 is 2.17 bits per heavy atom. The summed E-state index contributed by atoms with van der Waals surface area (Å²) in [7, 11) is 0. The number of benzene rings is 1. The molecule has 0 heterocycles. The minimum absolute atomic E-state index is 0.324. The second-order valence-electron chi connectivity index (χ2n) is 2.43. The van der Waals surface area contributed by atoms with Crippen LogP contribution in [0.2, 0.25) is 0 Å². The molecule has 12 heavy (non-hydrogen) atoms. The SMILES string of the molecule is CSc1c(F)ccc(C)c1C=O. The van der Waals surface area contributed by atoms with Crippen molar-refractivity contribution in [1.29, 1.82) is 0 Å². The Morgan fingerprint density at radius 1 is 1.50 bits per heavy atom. The van der Waals surface area contributed by atoms with Gasteiger partial charge in [-0.05, 0) is 24.8 Å². The van der Waals surface area contributed by atoms with Gasteiger partial charge in [-0.15, -0.1) is 11.8 Å². The molecule has 0 radical (unpaired) electrons. The van der Waals surface area contributed by atoms with E-state index in [2.05, 4.69) is 0 Å². The van der Waals surface area contributed by atoms with Crippen LogP contribution in [0.5, 0.6) is 0 Å². The molecule has 0 aromatic heterocycles. The molecular formula is C9H9FOS. The van der Waals surface area contributed by atoms with E-state index in [1.54, 1.807) is 19.2 Å². The van der Waals surface area contributed by atoms with Crippen molar-refractivity contribution >= 4 is 18.0 Å². The summed E-state index contributed by atoms with van der Waals surface area (Å²) in [4.78, 5) is 11.0. The number of carbonyl (C=O) groups excluding carboxylic acids is 1. The van der Waals surface area contributed by atoms with Crippen LogP contribution in [-0.2, 0) is 0 Å². The van der Waals surface area contributed by atoms with Gasteiger partial charge in [0.2, 0.25) is 0 Å². The smallest absolute Gasteiger partial charge is 0.151 e. The van der Waals surface area contributed by atoms with Crippen molar-refractivity contribution in [2.75, 3.05) is 6.26 Å². The number of rotatable bonds is 2. The summed E-state index contributed by atoms with van der Waals surface area (Å²) >= 11 is 1.25.